The second-order valence-electron chi connectivity index (χ2n) is 5.39. The summed E-state index contributed by atoms with van der Waals surface area (Å²) in [7, 11) is 0. The Hall–Kier alpha value is -1.81. The minimum absolute atomic E-state index is 0.0740. The van der Waals surface area contributed by atoms with Crippen molar-refractivity contribution in [2.75, 3.05) is 6.54 Å². The van der Waals surface area contributed by atoms with Crippen molar-refractivity contribution in [3.8, 4) is 0 Å². The molecule has 2 heterocycles. The Bertz CT molecular complexity index is 605. The van der Waals surface area contributed by atoms with Crippen LogP contribution in [0.25, 0.3) is 10.9 Å². The standard InChI is InChI=1S/C15H18N2O2/c1-9-6-11(13(8-16-9)15(18)19)12-7-17-14-5-3-2-4-10(12)14/h2-5,7,9,11,13,16-17H,6,8H2,1H3,(H,18,19). The van der Waals surface area contributed by atoms with E-state index in [4.69, 9.17) is 0 Å². The summed E-state index contributed by atoms with van der Waals surface area (Å²) in [5.74, 6) is -0.991. The average Bonchev–Trinajstić information content (AvgIpc) is 2.82. The predicted octanol–water partition coefficient (Wildman–Crippen LogP) is 2.33. The molecule has 3 unspecified atom stereocenters. The van der Waals surface area contributed by atoms with Crippen molar-refractivity contribution >= 4 is 16.9 Å². The monoisotopic (exact) mass is 258 g/mol. The van der Waals surface area contributed by atoms with Crippen molar-refractivity contribution in [3.05, 3.63) is 36.0 Å². The number of rotatable bonds is 2. The Morgan fingerprint density at radius 3 is 2.95 bits per heavy atom. The number of H-pyrrole nitrogens is 1. The number of hydrogen-bond donors (Lipinski definition) is 3. The summed E-state index contributed by atoms with van der Waals surface area (Å²) in [6, 6.07) is 8.43. The van der Waals surface area contributed by atoms with Gasteiger partial charge in [0, 0.05) is 35.6 Å². The van der Waals surface area contributed by atoms with E-state index in [1.165, 1.54) is 0 Å². The summed E-state index contributed by atoms with van der Waals surface area (Å²) < 4.78 is 0. The van der Waals surface area contributed by atoms with Crippen LogP contribution in [0, 0.1) is 5.92 Å². The van der Waals surface area contributed by atoms with E-state index in [-0.39, 0.29) is 11.8 Å². The van der Waals surface area contributed by atoms with Crippen molar-refractivity contribution in [3.63, 3.8) is 0 Å². The number of aromatic nitrogens is 1. The number of carboxylic acid groups (broad SMARTS) is 1. The minimum Gasteiger partial charge on any atom is -0.481 e. The lowest BCUT2D eigenvalue weighted by atomic mass is 9.78. The van der Waals surface area contributed by atoms with Crippen LogP contribution in [0.3, 0.4) is 0 Å². The summed E-state index contributed by atoms with van der Waals surface area (Å²) in [5.41, 5.74) is 2.21. The van der Waals surface area contributed by atoms with E-state index in [1.807, 2.05) is 24.4 Å². The number of carboxylic acids is 1. The fraction of sp³-hybridized carbons (Fsp3) is 0.400. The van der Waals surface area contributed by atoms with Crippen LogP contribution in [0.5, 0.6) is 0 Å². The predicted molar refractivity (Wildman–Crippen MR) is 74.2 cm³/mol. The fourth-order valence-electron chi connectivity index (χ4n) is 3.10. The second-order valence-corrected chi connectivity index (χ2v) is 5.39. The molecule has 1 aromatic carbocycles. The molecule has 3 N–H and O–H groups in total. The number of carbonyl (C=O) groups is 1. The zero-order valence-electron chi connectivity index (χ0n) is 10.9. The van der Waals surface area contributed by atoms with Gasteiger partial charge in [-0.25, -0.2) is 0 Å². The largest absolute Gasteiger partial charge is 0.481 e. The third-order valence-corrected chi connectivity index (χ3v) is 4.12. The summed E-state index contributed by atoms with van der Waals surface area (Å²) in [6.07, 6.45) is 2.84. The minimum atomic E-state index is -0.713. The van der Waals surface area contributed by atoms with Gasteiger partial charge in [0.15, 0.2) is 0 Å². The first kappa shape index (κ1) is 12.2. The number of benzene rings is 1. The van der Waals surface area contributed by atoms with Gasteiger partial charge in [0.05, 0.1) is 5.92 Å². The van der Waals surface area contributed by atoms with Gasteiger partial charge < -0.3 is 15.4 Å². The van der Waals surface area contributed by atoms with Crippen molar-refractivity contribution in [1.82, 2.24) is 10.3 Å². The molecule has 1 aromatic heterocycles. The van der Waals surface area contributed by atoms with Crippen LogP contribution in [0.1, 0.15) is 24.8 Å². The molecule has 3 rings (SSSR count). The summed E-state index contributed by atoms with van der Waals surface area (Å²) in [4.78, 5) is 14.7. The van der Waals surface area contributed by atoms with E-state index in [0.29, 0.717) is 12.6 Å². The lowest BCUT2D eigenvalue weighted by molar-refractivity contribution is -0.143. The quantitative estimate of drug-likeness (QED) is 0.774. The van der Waals surface area contributed by atoms with Crippen LogP contribution in [-0.4, -0.2) is 28.6 Å². The maximum Gasteiger partial charge on any atom is 0.308 e. The van der Waals surface area contributed by atoms with Gasteiger partial charge in [-0.15, -0.1) is 0 Å². The Morgan fingerprint density at radius 1 is 1.37 bits per heavy atom. The Kier molecular flexibility index (Phi) is 3.03. The summed E-state index contributed by atoms with van der Waals surface area (Å²) in [6.45, 7) is 2.65. The molecule has 1 aliphatic rings. The SMILES string of the molecule is CC1CC(c2c[nH]c3ccccc23)C(C(=O)O)CN1. The molecular weight excluding hydrogens is 240 g/mol. The molecular formula is C15H18N2O2. The molecule has 100 valence electrons. The van der Waals surface area contributed by atoms with Crippen LogP contribution in [0.15, 0.2) is 30.5 Å². The number of fused-ring (bicyclic) bond motifs is 1. The first-order chi connectivity index (χ1) is 9.16. The Morgan fingerprint density at radius 2 is 2.16 bits per heavy atom. The van der Waals surface area contributed by atoms with Gasteiger partial charge >= 0.3 is 5.97 Å². The van der Waals surface area contributed by atoms with E-state index < -0.39 is 5.97 Å². The van der Waals surface area contributed by atoms with Gasteiger partial charge in [0.1, 0.15) is 0 Å². The van der Waals surface area contributed by atoms with Crippen LogP contribution < -0.4 is 5.32 Å². The Labute approximate surface area is 111 Å². The molecule has 0 aliphatic carbocycles. The van der Waals surface area contributed by atoms with Crippen LogP contribution in [0.4, 0.5) is 0 Å². The molecule has 0 spiro atoms. The highest BCUT2D eigenvalue weighted by Crippen LogP contribution is 2.36. The third kappa shape index (κ3) is 2.12. The van der Waals surface area contributed by atoms with Crippen LogP contribution in [0.2, 0.25) is 0 Å². The highest BCUT2D eigenvalue weighted by molar-refractivity contribution is 5.84. The van der Waals surface area contributed by atoms with E-state index in [9.17, 15) is 9.90 Å². The molecule has 0 bridgehead atoms. The van der Waals surface area contributed by atoms with E-state index in [2.05, 4.69) is 23.3 Å². The molecule has 0 saturated carbocycles. The summed E-state index contributed by atoms with van der Waals surface area (Å²) >= 11 is 0. The molecule has 0 radical (unpaired) electrons. The van der Waals surface area contributed by atoms with Gasteiger partial charge in [-0.3, -0.25) is 4.79 Å². The number of nitrogens with one attached hydrogen (secondary N) is 2. The molecule has 19 heavy (non-hydrogen) atoms. The van der Waals surface area contributed by atoms with Gasteiger partial charge in [0.2, 0.25) is 0 Å². The first-order valence-corrected chi connectivity index (χ1v) is 6.69. The van der Waals surface area contributed by atoms with Gasteiger partial charge in [0.25, 0.3) is 0 Å². The van der Waals surface area contributed by atoms with Gasteiger partial charge in [-0.05, 0) is 25.0 Å². The zero-order valence-corrected chi connectivity index (χ0v) is 10.9. The average molecular weight is 258 g/mol. The number of para-hydroxylation sites is 1. The zero-order chi connectivity index (χ0) is 13.4. The smallest absolute Gasteiger partial charge is 0.308 e. The first-order valence-electron chi connectivity index (χ1n) is 6.69. The maximum atomic E-state index is 11.5. The van der Waals surface area contributed by atoms with Crippen LogP contribution in [-0.2, 0) is 4.79 Å². The molecule has 1 fully saturated rings. The van der Waals surface area contributed by atoms with Crippen molar-refractivity contribution in [2.24, 2.45) is 5.92 Å². The molecule has 4 nitrogen and oxygen atoms in total. The van der Waals surface area contributed by atoms with Gasteiger partial charge in [-0.2, -0.15) is 0 Å². The molecule has 1 saturated heterocycles. The topological polar surface area (TPSA) is 65.1 Å². The fourth-order valence-corrected chi connectivity index (χ4v) is 3.10. The molecule has 2 aromatic rings. The maximum absolute atomic E-state index is 11.5. The van der Waals surface area contributed by atoms with Crippen LogP contribution >= 0.6 is 0 Å². The molecule has 3 atom stereocenters. The van der Waals surface area contributed by atoms with Crippen molar-refractivity contribution < 1.29 is 9.90 Å². The third-order valence-electron chi connectivity index (χ3n) is 4.12. The molecule has 4 heteroatoms. The number of piperidine rings is 1. The Balaban J connectivity index is 2.04. The van der Waals surface area contributed by atoms with E-state index >= 15 is 0 Å². The highest BCUT2D eigenvalue weighted by atomic mass is 16.4. The number of hydrogen-bond acceptors (Lipinski definition) is 2. The van der Waals surface area contributed by atoms with E-state index in [1.54, 1.807) is 0 Å². The van der Waals surface area contributed by atoms with Crippen molar-refractivity contribution in [2.45, 2.75) is 25.3 Å². The molecule has 0 amide bonds. The summed E-state index contributed by atoms with van der Waals surface area (Å²) in [5, 5.41) is 13.8. The highest BCUT2D eigenvalue weighted by Gasteiger charge is 2.35. The normalized spacial score (nSPS) is 27.5. The lowest BCUT2D eigenvalue weighted by Gasteiger charge is -2.33. The second kappa shape index (κ2) is 4.70. The van der Waals surface area contributed by atoms with E-state index in [0.717, 1.165) is 22.9 Å². The van der Waals surface area contributed by atoms with Crippen molar-refractivity contribution in [1.29, 1.82) is 0 Å². The molecule has 1 aliphatic heterocycles. The lowest BCUT2D eigenvalue weighted by Crippen LogP contribution is -2.44. The van der Waals surface area contributed by atoms with Gasteiger partial charge in [-0.1, -0.05) is 18.2 Å². The number of aliphatic carboxylic acids is 1. The number of aromatic amines is 1.